The molecule has 0 spiro atoms. The van der Waals surface area contributed by atoms with Crippen LogP contribution < -0.4 is 11.1 Å². The number of carbonyl (C=O) groups excluding carboxylic acids is 2. The van der Waals surface area contributed by atoms with Crippen LogP contribution in [0.1, 0.15) is 43.7 Å². The van der Waals surface area contributed by atoms with Crippen molar-refractivity contribution in [3.8, 4) is 5.75 Å². The van der Waals surface area contributed by atoms with Crippen molar-refractivity contribution in [3.05, 3.63) is 35.7 Å². The van der Waals surface area contributed by atoms with E-state index in [-0.39, 0.29) is 17.4 Å². The molecule has 0 aliphatic rings. The van der Waals surface area contributed by atoms with Crippen LogP contribution in [-0.4, -0.2) is 41.8 Å². The summed E-state index contributed by atoms with van der Waals surface area (Å²) in [5.41, 5.74) is 6.08. The van der Waals surface area contributed by atoms with Crippen LogP contribution >= 0.6 is 0 Å². The van der Waals surface area contributed by atoms with E-state index in [1.54, 1.807) is 30.4 Å². The van der Waals surface area contributed by atoms with Gasteiger partial charge in [-0.15, -0.1) is 0 Å². The molecule has 2 amide bonds. The number of pyridine rings is 1. The number of nitrogens with one attached hydrogen (secondary N) is 1. The molecule has 0 saturated heterocycles. The second-order valence-corrected chi connectivity index (χ2v) is 13.9. The zero-order valence-corrected chi connectivity index (χ0v) is 18.7. The summed E-state index contributed by atoms with van der Waals surface area (Å²) in [5.74, 6) is -1.08. The summed E-state index contributed by atoms with van der Waals surface area (Å²) in [4.78, 5) is 25.2. The van der Waals surface area contributed by atoms with Gasteiger partial charge in [-0.05, 0) is 55.7 Å². The van der Waals surface area contributed by atoms with Gasteiger partial charge in [-0.1, -0.05) is 20.8 Å². The first-order chi connectivity index (χ1) is 12.7. The number of nitrogens with zero attached hydrogens (tertiary/aromatic N) is 1. The van der Waals surface area contributed by atoms with Crippen molar-refractivity contribution in [2.45, 2.75) is 58.3 Å². The fraction of sp³-hybridized carbons (Fsp3) is 0.500. The van der Waals surface area contributed by atoms with Gasteiger partial charge in [0.2, 0.25) is 5.91 Å². The molecule has 0 aromatic carbocycles. The Morgan fingerprint density at radius 2 is 1.86 bits per heavy atom. The van der Waals surface area contributed by atoms with Gasteiger partial charge in [0.1, 0.15) is 17.0 Å². The number of fused-ring (bicyclic) bond motifs is 1. The van der Waals surface area contributed by atoms with Crippen molar-refractivity contribution in [2.75, 3.05) is 6.61 Å². The van der Waals surface area contributed by atoms with Gasteiger partial charge in [0, 0.05) is 5.52 Å². The Morgan fingerprint density at radius 1 is 1.25 bits per heavy atom. The average molecular weight is 406 g/mol. The van der Waals surface area contributed by atoms with Gasteiger partial charge in [-0.25, -0.2) is 0 Å². The molecule has 4 N–H and O–H groups in total. The summed E-state index contributed by atoms with van der Waals surface area (Å²) < 4.78 is 7.75. The van der Waals surface area contributed by atoms with Crippen LogP contribution in [-0.2, 0) is 9.22 Å². The fourth-order valence-electron chi connectivity index (χ4n) is 2.60. The van der Waals surface area contributed by atoms with E-state index in [0.717, 1.165) is 11.1 Å². The topological polar surface area (TPSA) is 106 Å². The van der Waals surface area contributed by atoms with Crippen LogP contribution in [0.5, 0.6) is 5.75 Å². The number of rotatable bonds is 6. The molecule has 2 rings (SSSR count). The van der Waals surface area contributed by atoms with Crippen molar-refractivity contribution >= 4 is 25.6 Å². The first kappa shape index (κ1) is 22.0. The van der Waals surface area contributed by atoms with E-state index < -0.39 is 25.7 Å². The molecular formula is C20H31N3O4Si. The number of hydrogen-bond acceptors (Lipinski definition) is 4. The van der Waals surface area contributed by atoms with Crippen molar-refractivity contribution in [1.82, 2.24) is 9.72 Å². The van der Waals surface area contributed by atoms with Gasteiger partial charge in [0.25, 0.3) is 5.91 Å². The Kier molecular flexibility index (Phi) is 5.69. The Labute approximate surface area is 167 Å². The summed E-state index contributed by atoms with van der Waals surface area (Å²) in [6, 6.07) is 5.10. The molecule has 2 heterocycles. The number of aromatic nitrogens is 1. The van der Waals surface area contributed by atoms with Gasteiger partial charge in [0.05, 0.1) is 12.8 Å². The van der Waals surface area contributed by atoms with Crippen LogP contribution in [0.25, 0.3) is 5.52 Å². The third-order valence-corrected chi connectivity index (χ3v) is 10.1. The predicted molar refractivity (Wildman–Crippen MR) is 112 cm³/mol. The lowest BCUT2D eigenvalue weighted by atomic mass is 10.0. The van der Waals surface area contributed by atoms with E-state index in [2.05, 4.69) is 39.2 Å². The number of aromatic hydroxyl groups is 1. The zero-order chi connectivity index (χ0) is 21.5. The van der Waals surface area contributed by atoms with Gasteiger partial charge in [-0.3, -0.25) is 9.59 Å². The Bertz CT molecular complexity index is 914. The molecule has 28 heavy (non-hydrogen) atoms. The number of carbonyl (C=O) groups is 2. The van der Waals surface area contributed by atoms with Crippen molar-refractivity contribution < 1.29 is 19.1 Å². The van der Waals surface area contributed by atoms with Crippen LogP contribution in [0.3, 0.4) is 0 Å². The molecular weight excluding hydrogens is 374 g/mol. The average Bonchev–Trinajstić information content (AvgIpc) is 2.87. The summed E-state index contributed by atoms with van der Waals surface area (Å²) >= 11 is 0. The SMILES string of the molecule is Cc1cc2ccc(O)cn2c1C(=O)NC(C)(CO[Si](C)(C)C(C)(C)C)C(N)=O. The molecule has 0 fully saturated rings. The first-order valence-corrected chi connectivity index (χ1v) is 12.2. The molecule has 0 aliphatic heterocycles. The molecule has 7 nitrogen and oxygen atoms in total. The third kappa shape index (κ3) is 4.23. The molecule has 1 unspecified atom stereocenters. The second kappa shape index (κ2) is 7.25. The van der Waals surface area contributed by atoms with Crippen molar-refractivity contribution in [3.63, 3.8) is 0 Å². The smallest absolute Gasteiger partial charge is 0.269 e. The van der Waals surface area contributed by atoms with E-state index in [0.29, 0.717) is 5.69 Å². The highest BCUT2D eigenvalue weighted by atomic mass is 28.4. The highest BCUT2D eigenvalue weighted by Crippen LogP contribution is 2.37. The quantitative estimate of drug-likeness (QED) is 0.642. The molecule has 2 aromatic rings. The largest absolute Gasteiger partial charge is 0.506 e. The fourth-order valence-corrected chi connectivity index (χ4v) is 3.68. The van der Waals surface area contributed by atoms with E-state index in [1.807, 2.05) is 6.07 Å². The van der Waals surface area contributed by atoms with Crippen molar-refractivity contribution in [1.29, 1.82) is 0 Å². The zero-order valence-electron chi connectivity index (χ0n) is 17.7. The molecule has 154 valence electrons. The number of hydrogen-bond donors (Lipinski definition) is 3. The lowest BCUT2D eigenvalue weighted by Gasteiger charge is -2.39. The Morgan fingerprint density at radius 3 is 2.39 bits per heavy atom. The molecule has 1 atom stereocenters. The normalized spacial score (nSPS) is 14.7. The van der Waals surface area contributed by atoms with E-state index in [4.69, 9.17) is 10.2 Å². The summed E-state index contributed by atoms with van der Waals surface area (Å²) in [6.45, 7) is 13.8. The second-order valence-electron chi connectivity index (χ2n) is 9.06. The van der Waals surface area contributed by atoms with Gasteiger partial charge < -0.3 is 25.0 Å². The van der Waals surface area contributed by atoms with E-state index in [9.17, 15) is 14.7 Å². The third-order valence-electron chi connectivity index (χ3n) is 5.62. The lowest BCUT2D eigenvalue weighted by Crippen LogP contribution is -2.60. The standard InChI is InChI=1S/C20H31N3O4Si/c1-13-10-14-8-9-15(24)11-23(14)16(13)17(25)22-20(5,18(21)26)12-27-28(6,7)19(2,3)4/h8-11,24H,12H2,1-7H3,(H2,21,26)(H,22,25). The highest BCUT2D eigenvalue weighted by Gasteiger charge is 2.42. The Hall–Kier alpha value is -2.32. The van der Waals surface area contributed by atoms with Gasteiger partial charge in [-0.2, -0.15) is 0 Å². The molecule has 0 aliphatic carbocycles. The maximum absolute atomic E-state index is 13.0. The lowest BCUT2D eigenvalue weighted by molar-refractivity contribution is -0.124. The molecule has 0 saturated carbocycles. The molecule has 0 bridgehead atoms. The monoisotopic (exact) mass is 405 g/mol. The molecule has 0 radical (unpaired) electrons. The minimum atomic E-state index is -2.14. The number of amides is 2. The van der Waals surface area contributed by atoms with E-state index in [1.165, 1.54) is 6.20 Å². The van der Waals surface area contributed by atoms with Gasteiger partial charge in [0.15, 0.2) is 8.32 Å². The first-order valence-electron chi connectivity index (χ1n) is 9.25. The number of primary amides is 1. The van der Waals surface area contributed by atoms with Crippen LogP contribution in [0, 0.1) is 6.92 Å². The Balaban J connectivity index is 2.32. The van der Waals surface area contributed by atoms with Crippen LogP contribution in [0.2, 0.25) is 18.1 Å². The number of nitrogens with two attached hydrogens (primary N) is 1. The molecule has 2 aromatic heterocycles. The van der Waals surface area contributed by atoms with Gasteiger partial charge >= 0.3 is 0 Å². The maximum Gasteiger partial charge on any atom is 0.269 e. The summed E-state index contributed by atoms with van der Waals surface area (Å²) in [5, 5.41) is 12.5. The molecule has 8 heteroatoms. The number of aryl methyl sites for hydroxylation is 1. The van der Waals surface area contributed by atoms with Crippen LogP contribution in [0.4, 0.5) is 0 Å². The van der Waals surface area contributed by atoms with E-state index >= 15 is 0 Å². The summed E-state index contributed by atoms with van der Waals surface area (Å²) in [7, 11) is -2.14. The predicted octanol–water partition coefficient (Wildman–Crippen LogP) is 2.95. The minimum Gasteiger partial charge on any atom is -0.506 e. The highest BCUT2D eigenvalue weighted by molar-refractivity contribution is 6.74. The van der Waals surface area contributed by atoms with Crippen molar-refractivity contribution in [2.24, 2.45) is 5.73 Å². The maximum atomic E-state index is 13.0. The van der Waals surface area contributed by atoms with Crippen LogP contribution in [0.15, 0.2) is 24.4 Å². The minimum absolute atomic E-state index is 0.00181. The summed E-state index contributed by atoms with van der Waals surface area (Å²) in [6.07, 6.45) is 1.46.